The van der Waals surface area contributed by atoms with Crippen molar-refractivity contribution in [1.82, 2.24) is 5.32 Å². The fourth-order valence-corrected chi connectivity index (χ4v) is 2.92. The van der Waals surface area contributed by atoms with E-state index in [0.29, 0.717) is 0 Å². The highest BCUT2D eigenvalue weighted by molar-refractivity contribution is 7.19. The summed E-state index contributed by atoms with van der Waals surface area (Å²) < 4.78 is 1.40. The average Bonchev–Trinajstić information content (AvgIpc) is 2.46. The highest BCUT2D eigenvalue weighted by atomic mass is 32.1. The Morgan fingerprint density at radius 1 is 1.29 bits per heavy atom. The summed E-state index contributed by atoms with van der Waals surface area (Å²) in [6.45, 7) is 5.34. The quantitative estimate of drug-likeness (QED) is 0.793. The number of hydrogen-bond acceptors (Lipinski definition) is 2. The Kier molecular flexibility index (Phi) is 2.57. The van der Waals surface area contributed by atoms with Crippen molar-refractivity contribution in [2.75, 3.05) is 7.05 Å². The molecule has 1 N–H and O–H groups in total. The van der Waals surface area contributed by atoms with Gasteiger partial charge >= 0.3 is 0 Å². The van der Waals surface area contributed by atoms with Gasteiger partial charge in [0.25, 0.3) is 0 Å². The number of nitrogens with one attached hydrogen (secondary N) is 1. The zero-order chi connectivity index (χ0) is 10.1. The largest absolute Gasteiger partial charge is 0.315 e. The third-order valence-electron chi connectivity index (χ3n) is 2.53. The Hall–Kier alpha value is -0.860. The molecular formula is C12H15NS. The first-order valence-electron chi connectivity index (χ1n) is 4.85. The number of fused-ring (bicyclic) bond motifs is 1. The van der Waals surface area contributed by atoms with Crippen molar-refractivity contribution in [3.63, 3.8) is 0 Å². The Balaban J connectivity index is 2.62. The maximum Gasteiger partial charge on any atom is 0.0349 e. The van der Waals surface area contributed by atoms with E-state index < -0.39 is 0 Å². The first-order valence-corrected chi connectivity index (χ1v) is 5.67. The van der Waals surface area contributed by atoms with Gasteiger partial charge in [0.2, 0.25) is 0 Å². The molecule has 1 aromatic carbocycles. The van der Waals surface area contributed by atoms with Crippen LogP contribution in [0.4, 0.5) is 0 Å². The number of thiophene rings is 1. The van der Waals surface area contributed by atoms with Crippen molar-refractivity contribution in [2.24, 2.45) is 0 Å². The molecule has 2 aromatic rings. The topological polar surface area (TPSA) is 12.0 Å². The van der Waals surface area contributed by atoms with Gasteiger partial charge in [0, 0.05) is 16.1 Å². The van der Waals surface area contributed by atoms with Crippen LogP contribution in [0.3, 0.4) is 0 Å². The van der Waals surface area contributed by atoms with Gasteiger partial charge in [-0.1, -0.05) is 17.7 Å². The smallest absolute Gasteiger partial charge is 0.0349 e. The van der Waals surface area contributed by atoms with E-state index in [0.717, 1.165) is 6.54 Å². The standard InChI is InChI=1S/C12H15NS/c1-8-4-5-11-10(6-8)9(2)12(14-11)7-13-3/h4-6,13H,7H2,1-3H3. The fraction of sp³-hybridized carbons (Fsp3) is 0.333. The third-order valence-corrected chi connectivity index (χ3v) is 3.80. The summed E-state index contributed by atoms with van der Waals surface area (Å²) in [7, 11) is 2.00. The van der Waals surface area contributed by atoms with E-state index in [1.54, 1.807) is 0 Å². The molecule has 0 spiro atoms. The maximum atomic E-state index is 3.21. The molecule has 74 valence electrons. The summed E-state index contributed by atoms with van der Waals surface area (Å²) in [5.41, 5.74) is 2.78. The lowest BCUT2D eigenvalue weighted by molar-refractivity contribution is 0.827. The lowest BCUT2D eigenvalue weighted by Crippen LogP contribution is -2.03. The van der Waals surface area contributed by atoms with Crippen LogP contribution in [-0.4, -0.2) is 7.05 Å². The lowest BCUT2D eigenvalue weighted by atomic mass is 10.1. The molecule has 0 saturated carbocycles. The summed E-state index contributed by atoms with van der Waals surface area (Å²) in [5, 5.41) is 4.63. The predicted molar refractivity (Wildman–Crippen MR) is 64.1 cm³/mol. The molecule has 0 aliphatic heterocycles. The van der Waals surface area contributed by atoms with Crippen molar-refractivity contribution in [2.45, 2.75) is 20.4 Å². The normalized spacial score (nSPS) is 11.1. The molecule has 0 aliphatic rings. The second kappa shape index (κ2) is 3.71. The van der Waals surface area contributed by atoms with Crippen molar-refractivity contribution in [1.29, 1.82) is 0 Å². The molecule has 0 saturated heterocycles. The molecule has 2 heteroatoms. The molecule has 1 heterocycles. The van der Waals surface area contributed by atoms with Gasteiger partial charge < -0.3 is 5.32 Å². The summed E-state index contributed by atoms with van der Waals surface area (Å²) in [4.78, 5) is 1.45. The summed E-state index contributed by atoms with van der Waals surface area (Å²) in [6.07, 6.45) is 0. The van der Waals surface area contributed by atoms with Crippen molar-refractivity contribution >= 4 is 21.4 Å². The highest BCUT2D eigenvalue weighted by Crippen LogP contribution is 2.31. The minimum atomic E-state index is 0.976. The van der Waals surface area contributed by atoms with Gasteiger partial charge in [-0.2, -0.15) is 0 Å². The van der Waals surface area contributed by atoms with Crippen LogP contribution in [-0.2, 0) is 6.54 Å². The minimum absolute atomic E-state index is 0.976. The molecule has 0 aliphatic carbocycles. The Bertz CT molecular complexity index is 457. The van der Waals surface area contributed by atoms with Crippen molar-refractivity contribution < 1.29 is 0 Å². The molecule has 0 radical (unpaired) electrons. The van der Waals surface area contributed by atoms with Gasteiger partial charge in [-0.25, -0.2) is 0 Å². The van der Waals surface area contributed by atoms with Gasteiger partial charge in [0.15, 0.2) is 0 Å². The molecule has 0 unspecified atom stereocenters. The van der Waals surface area contributed by atoms with Crippen LogP contribution >= 0.6 is 11.3 Å². The molecule has 1 nitrogen and oxygen atoms in total. The van der Waals surface area contributed by atoms with E-state index in [2.05, 4.69) is 37.4 Å². The fourth-order valence-electron chi connectivity index (χ4n) is 1.71. The molecule has 0 fully saturated rings. The Morgan fingerprint density at radius 3 is 2.79 bits per heavy atom. The average molecular weight is 205 g/mol. The van der Waals surface area contributed by atoms with E-state index in [1.165, 1.54) is 26.1 Å². The predicted octanol–water partition coefficient (Wildman–Crippen LogP) is 3.24. The SMILES string of the molecule is CNCc1sc2ccc(C)cc2c1C. The number of hydrogen-bond donors (Lipinski definition) is 1. The van der Waals surface area contributed by atoms with Crippen LogP contribution in [0.25, 0.3) is 10.1 Å². The zero-order valence-corrected chi connectivity index (χ0v) is 9.66. The summed E-state index contributed by atoms with van der Waals surface area (Å²) in [5.74, 6) is 0. The monoisotopic (exact) mass is 205 g/mol. The molecule has 14 heavy (non-hydrogen) atoms. The first kappa shape index (κ1) is 9.69. The summed E-state index contributed by atoms with van der Waals surface area (Å²) >= 11 is 1.89. The van der Waals surface area contributed by atoms with Gasteiger partial charge in [-0.3, -0.25) is 0 Å². The first-order chi connectivity index (χ1) is 6.72. The second-order valence-electron chi connectivity index (χ2n) is 3.68. The molecule has 0 bridgehead atoms. The van der Waals surface area contributed by atoms with Crippen LogP contribution in [0.1, 0.15) is 16.0 Å². The van der Waals surface area contributed by atoms with E-state index in [-0.39, 0.29) is 0 Å². The maximum absolute atomic E-state index is 3.21. The molecule has 0 amide bonds. The van der Waals surface area contributed by atoms with Gasteiger partial charge in [-0.15, -0.1) is 11.3 Å². The number of rotatable bonds is 2. The van der Waals surface area contributed by atoms with Crippen LogP contribution in [0.5, 0.6) is 0 Å². The number of aryl methyl sites for hydroxylation is 2. The van der Waals surface area contributed by atoms with Crippen LogP contribution < -0.4 is 5.32 Å². The molecular weight excluding hydrogens is 190 g/mol. The third kappa shape index (κ3) is 1.56. The molecule has 1 aromatic heterocycles. The zero-order valence-electron chi connectivity index (χ0n) is 8.85. The van der Waals surface area contributed by atoms with E-state index in [9.17, 15) is 0 Å². The lowest BCUT2D eigenvalue weighted by Gasteiger charge is -1.97. The number of benzene rings is 1. The van der Waals surface area contributed by atoms with Gasteiger partial charge in [0.1, 0.15) is 0 Å². The van der Waals surface area contributed by atoms with Crippen LogP contribution in [0, 0.1) is 13.8 Å². The van der Waals surface area contributed by atoms with Crippen LogP contribution in [0.15, 0.2) is 18.2 Å². The van der Waals surface area contributed by atoms with Gasteiger partial charge in [0.05, 0.1) is 0 Å². The highest BCUT2D eigenvalue weighted by Gasteiger charge is 2.06. The van der Waals surface area contributed by atoms with E-state index >= 15 is 0 Å². The van der Waals surface area contributed by atoms with Crippen LogP contribution in [0.2, 0.25) is 0 Å². The minimum Gasteiger partial charge on any atom is -0.315 e. The van der Waals surface area contributed by atoms with Crippen molar-refractivity contribution in [3.8, 4) is 0 Å². The Labute approximate surface area is 88.8 Å². The molecule has 0 atom stereocenters. The second-order valence-corrected chi connectivity index (χ2v) is 4.82. The van der Waals surface area contributed by atoms with Gasteiger partial charge in [-0.05, 0) is 37.9 Å². The Morgan fingerprint density at radius 2 is 2.07 bits per heavy atom. The molecule has 2 rings (SSSR count). The van der Waals surface area contributed by atoms with E-state index in [1.807, 2.05) is 18.4 Å². The van der Waals surface area contributed by atoms with E-state index in [4.69, 9.17) is 0 Å². The van der Waals surface area contributed by atoms with Crippen molar-refractivity contribution in [3.05, 3.63) is 34.2 Å². The summed E-state index contributed by atoms with van der Waals surface area (Å²) in [6, 6.07) is 6.68.